The molecule has 0 saturated carbocycles. The summed E-state index contributed by atoms with van der Waals surface area (Å²) in [6, 6.07) is 13.4. The predicted octanol–water partition coefficient (Wildman–Crippen LogP) is 4.52. The third-order valence-corrected chi connectivity index (χ3v) is 5.65. The third kappa shape index (κ3) is 3.82. The Balaban J connectivity index is 1.69. The number of aromatic nitrogens is 2. The zero-order valence-corrected chi connectivity index (χ0v) is 16.7. The number of nitrogens with zero attached hydrogens (tertiary/aromatic N) is 2. The number of amides is 1. The van der Waals surface area contributed by atoms with Gasteiger partial charge in [-0.3, -0.25) is 14.2 Å². The summed E-state index contributed by atoms with van der Waals surface area (Å²) in [5.74, 6) is -0.651. The van der Waals surface area contributed by atoms with Gasteiger partial charge in [0.1, 0.15) is 17.2 Å². The summed E-state index contributed by atoms with van der Waals surface area (Å²) >= 11 is 1.40. The molecule has 0 aliphatic rings. The van der Waals surface area contributed by atoms with Gasteiger partial charge in [0.25, 0.3) is 5.56 Å². The highest BCUT2D eigenvalue weighted by Gasteiger charge is 2.18. The van der Waals surface area contributed by atoms with Crippen LogP contribution in [0.2, 0.25) is 0 Å². The Morgan fingerprint density at radius 3 is 2.48 bits per heavy atom. The molecule has 29 heavy (non-hydrogen) atoms. The van der Waals surface area contributed by atoms with Gasteiger partial charge in [0.15, 0.2) is 0 Å². The van der Waals surface area contributed by atoms with Crippen molar-refractivity contribution in [3.63, 3.8) is 0 Å². The first kappa shape index (κ1) is 19.0. The van der Waals surface area contributed by atoms with Gasteiger partial charge in [-0.15, -0.1) is 11.3 Å². The molecule has 1 N–H and O–H groups in total. The Kier molecular flexibility index (Phi) is 4.98. The van der Waals surface area contributed by atoms with Crippen LogP contribution < -0.4 is 10.9 Å². The largest absolute Gasteiger partial charge is 0.325 e. The molecule has 0 spiro atoms. The molecule has 5 nitrogen and oxygen atoms in total. The average molecular weight is 407 g/mol. The molecule has 2 aromatic heterocycles. The van der Waals surface area contributed by atoms with E-state index in [-0.39, 0.29) is 23.8 Å². The molecule has 4 aromatic rings. The molecule has 0 aliphatic heterocycles. The zero-order chi connectivity index (χ0) is 20.5. The number of fused-ring (bicyclic) bond motifs is 1. The Morgan fingerprint density at radius 1 is 1.10 bits per heavy atom. The van der Waals surface area contributed by atoms with Crippen molar-refractivity contribution in [2.24, 2.45) is 0 Å². The maximum absolute atomic E-state index is 13.3. The number of hydrogen-bond acceptors (Lipinski definition) is 4. The second-order valence-electron chi connectivity index (χ2n) is 6.81. The molecule has 2 aromatic carbocycles. The fourth-order valence-corrected chi connectivity index (χ4v) is 4.21. The molecule has 1 amide bonds. The summed E-state index contributed by atoms with van der Waals surface area (Å²) in [7, 11) is 0. The van der Waals surface area contributed by atoms with Gasteiger partial charge in [-0.2, -0.15) is 0 Å². The molecule has 0 aliphatic carbocycles. The number of aryl methyl sites for hydroxylation is 2. The average Bonchev–Trinajstić information content (AvgIpc) is 3.03. The van der Waals surface area contributed by atoms with Crippen molar-refractivity contribution in [3.05, 3.63) is 81.5 Å². The van der Waals surface area contributed by atoms with Crippen LogP contribution in [0.25, 0.3) is 21.3 Å². The molecular formula is C22H18FN3O2S. The van der Waals surface area contributed by atoms with Crippen molar-refractivity contribution >= 4 is 33.1 Å². The molecule has 2 heterocycles. The molecule has 7 heteroatoms. The number of rotatable bonds is 4. The Hall–Kier alpha value is -3.32. The molecule has 4 rings (SSSR count). The van der Waals surface area contributed by atoms with E-state index in [1.54, 1.807) is 12.1 Å². The number of halogens is 1. The highest BCUT2D eigenvalue weighted by atomic mass is 32.1. The molecular weight excluding hydrogens is 389 g/mol. The summed E-state index contributed by atoms with van der Waals surface area (Å²) < 4.78 is 14.6. The number of benzene rings is 2. The molecule has 0 bridgehead atoms. The quantitative estimate of drug-likeness (QED) is 0.541. The van der Waals surface area contributed by atoms with Gasteiger partial charge in [0, 0.05) is 16.1 Å². The lowest BCUT2D eigenvalue weighted by Gasteiger charge is -2.08. The molecule has 0 unspecified atom stereocenters. The Morgan fingerprint density at radius 2 is 1.79 bits per heavy atom. The lowest BCUT2D eigenvalue weighted by Crippen LogP contribution is -2.27. The van der Waals surface area contributed by atoms with Crippen molar-refractivity contribution < 1.29 is 9.18 Å². The van der Waals surface area contributed by atoms with E-state index in [0.29, 0.717) is 15.9 Å². The minimum Gasteiger partial charge on any atom is -0.325 e. The second kappa shape index (κ2) is 7.60. The van der Waals surface area contributed by atoms with E-state index < -0.39 is 0 Å². The maximum Gasteiger partial charge on any atom is 0.263 e. The number of carbonyl (C=O) groups excluding carboxylic acids is 1. The van der Waals surface area contributed by atoms with E-state index in [1.807, 2.05) is 38.1 Å². The normalized spacial score (nSPS) is 11.0. The van der Waals surface area contributed by atoms with Crippen LogP contribution >= 0.6 is 11.3 Å². The Labute approximate surface area is 170 Å². The molecule has 0 radical (unpaired) electrons. The van der Waals surface area contributed by atoms with Crippen LogP contribution in [0.5, 0.6) is 0 Å². The number of thiophene rings is 1. The summed E-state index contributed by atoms with van der Waals surface area (Å²) in [4.78, 5) is 31.4. The van der Waals surface area contributed by atoms with Gasteiger partial charge < -0.3 is 5.32 Å². The van der Waals surface area contributed by atoms with Gasteiger partial charge in [-0.25, -0.2) is 9.37 Å². The smallest absolute Gasteiger partial charge is 0.263 e. The van der Waals surface area contributed by atoms with Crippen LogP contribution in [0.15, 0.2) is 59.7 Å². The van der Waals surface area contributed by atoms with Gasteiger partial charge in [-0.05, 0) is 43.7 Å². The van der Waals surface area contributed by atoms with Crippen LogP contribution in [-0.4, -0.2) is 15.5 Å². The first-order valence-electron chi connectivity index (χ1n) is 9.03. The zero-order valence-electron chi connectivity index (χ0n) is 15.9. The highest BCUT2D eigenvalue weighted by Crippen LogP contribution is 2.35. The predicted molar refractivity (Wildman–Crippen MR) is 114 cm³/mol. The van der Waals surface area contributed by atoms with Crippen molar-refractivity contribution in [1.82, 2.24) is 9.55 Å². The van der Waals surface area contributed by atoms with Crippen molar-refractivity contribution in [3.8, 4) is 11.1 Å². The summed E-state index contributed by atoms with van der Waals surface area (Å²) in [6.07, 6.45) is 1.39. The van der Waals surface area contributed by atoms with E-state index in [0.717, 1.165) is 21.6 Å². The van der Waals surface area contributed by atoms with Crippen LogP contribution in [0.3, 0.4) is 0 Å². The first-order valence-corrected chi connectivity index (χ1v) is 9.85. The lowest BCUT2D eigenvalue weighted by molar-refractivity contribution is -0.116. The number of carbonyl (C=O) groups is 1. The molecule has 0 saturated heterocycles. The van der Waals surface area contributed by atoms with E-state index in [4.69, 9.17) is 0 Å². The summed E-state index contributed by atoms with van der Waals surface area (Å²) in [5, 5.41) is 3.23. The fraction of sp³-hybridized carbons (Fsp3) is 0.136. The standard InChI is InChI=1S/C22H18FN3O2S/c1-13-3-9-17(10-4-13)25-18(27)11-26-12-24-21-20(22(26)28)19(14(2)29-21)15-5-7-16(23)8-6-15/h3-10,12H,11H2,1-2H3,(H,25,27). The van der Waals surface area contributed by atoms with Gasteiger partial charge in [0.05, 0.1) is 11.7 Å². The van der Waals surface area contributed by atoms with Crippen molar-refractivity contribution in [2.75, 3.05) is 5.32 Å². The Bertz CT molecular complexity index is 1260. The summed E-state index contributed by atoms with van der Waals surface area (Å²) in [6.45, 7) is 3.72. The van der Waals surface area contributed by atoms with Gasteiger partial charge in [-0.1, -0.05) is 29.8 Å². The van der Waals surface area contributed by atoms with E-state index in [2.05, 4.69) is 10.3 Å². The fourth-order valence-electron chi connectivity index (χ4n) is 3.21. The van der Waals surface area contributed by atoms with Crippen LogP contribution in [0.1, 0.15) is 10.4 Å². The second-order valence-corrected chi connectivity index (χ2v) is 8.02. The van der Waals surface area contributed by atoms with E-state index >= 15 is 0 Å². The van der Waals surface area contributed by atoms with E-state index in [1.165, 1.54) is 34.4 Å². The monoisotopic (exact) mass is 407 g/mol. The van der Waals surface area contributed by atoms with Crippen LogP contribution in [-0.2, 0) is 11.3 Å². The minimum atomic E-state index is -0.339. The van der Waals surface area contributed by atoms with Crippen molar-refractivity contribution in [2.45, 2.75) is 20.4 Å². The molecule has 0 fully saturated rings. The van der Waals surface area contributed by atoms with E-state index in [9.17, 15) is 14.0 Å². The SMILES string of the molecule is Cc1ccc(NC(=O)Cn2cnc3sc(C)c(-c4ccc(F)cc4)c3c2=O)cc1. The lowest BCUT2D eigenvalue weighted by atomic mass is 10.0. The molecule has 0 atom stereocenters. The van der Waals surface area contributed by atoms with Crippen LogP contribution in [0.4, 0.5) is 10.1 Å². The highest BCUT2D eigenvalue weighted by molar-refractivity contribution is 7.19. The first-order chi connectivity index (χ1) is 13.9. The summed E-state index contributed by atoms with van der Waals surface area (Å²) in [5.41, 5.74) is 2.94. The minimum absolute atomic E-state index is 0.145. The maximum atomic E-state index is 13.3. The van der Waals surface area contributed by atoms with Gasteiger partial charge in [0.2, 0.25) is 5.91 Å². The van der Waals surface area contributed by atoms with Crippen LogP contribution in [0, 0.1) is 19.7 Å². The van der Waals surface area contributed by atoms with Crippen molar-refractivity contribution in [1.29, 1.82) is 0 Å². The topological polar surface area (TPSA) is 64.0 Å². The third-order valence-electron chi connectivity index (χ3n) is 4.64. The molecule has 146 valence electrons. The number of nitrogens with one attached hydrogen (secondary N) is 1. The number of anilines is 1. The number of hydrogen-bond donors (Lipinski definition) is 1. The van der Waals surface area contributed by atoms with Gasteiger partial charge >= 0.3 is 0 Å².